The molecular weight excluding hydrogens is 272 g/mol. The number of rotatable bonds is 1. The van der Waals surface area contributed by atoms with Gasteiger partial charge in [0.05, 0.1) is 0 Å². The molecule has 0 atom stereocenters. The Labute approximate surface area is 118 Å². The number of aryl methyl sites for hydroxylation is 2. The Morgan fingerprint density at radius 1 is 1.00 bits per heavy atom. The number of benzene rings is 2. The minimum atomic E-state index is -3.57. The SMILES string of the molecule is Cc1cc(C)cc(NC2=NS(=O)(=O)c3ccccc32)c1. The number of amidine groups is 1. The summed E-state index contributed by atoms with van der Waals surface area (Å²) in [6.07, 6.45) is 0. The van der Waals surface area contributed by atoms with E-state index in [-0.39, 0.29) is 4.90 Å². The fraction of sp³-hybridized carbons (Fsp3) is 0.133. The molecule has 4 nitrogen and oxygen atoms in total. The van der Waals surface area contributed by atoms with Crippen molar-refractivity contribution >= 4 is 21.5 Å². The van der Waals surface area contributed by atoms with Crippen molar-refractivity contribution in [2.45, 2.75) is 18.7 Å². The molecule has 0 saturated carbocycles. The van der Waals surface area contributed by atoms with E-state index in [0.29, 0.717) is 11.4 Å². The summed E-state index contributed by atoms with van der Waals surface area (Å²) in [5.41, 5.74) is 3.68. The maximum absolute atomic E-state index is 12.0. The molecule has 2 aromatic carbocycles. The fourth-order valence-corrected chi connectivity index (χ4v) is 3.56. The molecule has 0 unspecified atom stereocenters. The Kier molecular flexibility index (Phi) is 2.87. The zero-order valence-electron chi connectivity index (χ0n) is 11.2. The summed E-state index contributed by atoms with van der Waals surface area (Å²) in [6, 6.07) is 12.8. The van der Waals surface area contributed by atoms with Gasteiger partial charge in [-0.05, 0) is 49.2 Å². The van der Waals surface area contributed by atoms with Gasteiger partial charge < -0.3 is 5.32 Å². The van der Waals surface area contributed by atoms with Crippen LogP contribution >= 0.6 is 0 Å². The first-order valence-electron chi connectivity index (χ1n) is 6.25. The van der Waals surface area contributed by atoms with Crippen molar-refractivity contribution in [2.24, 2.45) is 4.40 Å². The van der Waals surface area contributed by atoms with Crippen molar-refractivity contribution in [3.8, 4) is 0 Å². The normalized spacial score (nSPS) is 15.6. The van der Waals surface area contributed by atoms with Crippen molar-refractivity contribution < 1.29 is 8.42 Å². The van der Waals surface area contributed by atoms with Crippen molar-refractivity contribution in [1.82, 2.24) is 0 Å². The molecular formula is C15H14N2O2S. The number of hydrogen-bond acceptors (Lipinski definition) is 3. The lowest BCUT2D eigenvalue weighted by Crippen LogP contribution is -2.11. The van der Waals surface area contributed by atoms with Crippen LogP contribution in [0.3, 0.4) is 0 Å². The molecule has 2 aromatic rings. The van der Waals surface area contributed by atoms with Gasteiger partial charge in [-0.25, -0.2) is 0 Å². The van der Waals surface area contributed by atoms with Gasteiger partial charge in [0, 0.05) is 11.3 Å². The Morgan fingerprint density at radius 3 is 2.35 bits per heavy atom. The van der Waals surface area contributed by atoms with Gasteiger partial charge in [-0.2, -0.15) is 8.42 Å². The highest BCUT2D eigenvalue weighted by Crippen LogP contribution is 2.27. The second-order valence-corrected chi connectivity index (χ2v) is 6.49. The summed E-state index contributed by atoms with van der Waals surface area (Å²) in [5, 5.41) is 3.11. The van der Waals surface area contributed by atoms with Gasteiger partial charge in [0.25, 0.3) is 10.0 Å². The molecule has 1 aliphatic heterocycles. The maximum atomic E-state index is 12.0. The average Bonchev–Trinajstić information content (AvgIpc) is 2.60. The van der Waals surface area contributed by atoms with Crippen LogP contribution in [0.25, 0.3) is 0 Å². The number of anilines is 1. The molecule has 0 amide bonds. The average molecular weight is 286 g/mol. The summed E-state index contributed by atoms with van der Waals surface area (Å²) in [7, 11) is -3.57. The second-order valence-electron chi connectivity index (χ2n) is 4.91. The van der Waals surface area contributed by atoms with Crippen molar-refractivity contribution in [3.05, 3.63) is 59.2 Å². The molecule has 1 aliphatic rings. The van der Waals surface area contributed by atoms with E-state index in [4.69, 9.17) is 0 Å². The minimum absolute atomic E-state index is 0.256. The monoisotopic (exact) mass is 286 g/mol. The lowest BCUT2D eigenvalue weighted by molar-refractivity contribution is 0.599. The Bertz CT molecular complexity index is 803. The molecule has 102 valence electrons. The van der Waals surface area contributed by atoms with E-state index in [1.165, 1.54) is 0 Å². The van der Waals surface area contributed by atoms with Gasteiger partial charge in [0.2, 0.25) is 0 Å². The van der Waals surface area contributed by atoms with E-state index in [1.807, 2.05) is 26.0 Å². The van der Waals surface area contributed by atoms with Crippen LogP contribution in [0, 0.1) is 13.8 Å². The van der Waals surface area contributed by atoms with Crippen LogP contribution in [-0.2, 0) is 10.0 Å². The first kappa shape index (κ1) is 12.9. The summed E-state index contributed by atoms with van der Waals surface area (Å²) < 4.78 is 27.7. The second kappa shape index (κ2) is 4.45. The summed E-state index contributed by atoms with van der Waals surface area (Å²) >= 11 is 0. The standard InChI is InChI=1S/C15H14N2O2S/c1-10-7-11(2)9-12(8-10)16-15-13-5-3-4-6-14(13)20(18,19)17-15/h3-9H,1-2H3,(H,16,17). The van der Waals surface area contributed by atoms with Gasteiger partial charge in [-0.1, -0.05) is 18.2 Å². The summed E-state index contributed by atoms with van der Waals surface area (Å²) in [6.45, 7) is 4.00. The fourth-order valence-electron chi connectivity index (χ4n) is 2.38. The van der Waals surface area contributed by atoms with Crippen LogP contribution in [0.2, 0.25) is 0 Å². The van der Waals surface area contributed by atoms with Gasteiger partial charge in [0.15, 0.2) is 5.84 Å². The van der Waals surface area contributed by atoms with Crippen LogP contribution in [0.4, 0.5) is 5.69 Å². The lowest BCUT2D eigenvalue weighted by Gasteiger charge is -2.08. The van der Waals surface area contributed by atoms with Gasteiger partial charge in [0.1, 0.15) is 4.90 Å². The van der Waals surface area contributed by atoms with Crippen molar-refractivity contribution in [1.29, 1.82) is 0 Å². The first-order valence-corrected chi connectivity index (χ1v) is 7.69. The molecule has 1 heterocycles. The van der Waals surface area contributed by atoms with E-state index in [2.05, 4.69) is 15.8 Å². The minimum Gasteiger partial charge on any atom is -0.339 e. The molecule has 3 rings (SSSR count). The van der Waals surface area contributed by atoms with E-state index in [9.17, 15) is 8.42 Å². The molecule has 5 heteroatoms. The van der Waals surface area contributed by atoms with E-state index in [0.717, 1.165) is 16.8 Å². The highest BCUT2D eigenvalue weighted by atomic mass is 32.2. The third-order valence-electron chi connectivity index (χ3n) is 3.12. The molecule has 0 radical (unpaired) electrons. The molecule has 0 fully saturated rings. The number of hydrogen-bond donors (Lipinski definition) is 1. The van der Waals surface area contributed by atoms with Crippen LogP contribution in [0.15, 0.2) is 51.8 Å². The highest BCUT2D eigenvalue weighted by Gasteiger charge is 2.28. The molecule has 0 bridgehead atoms. The van der Waals surface area contributed by atoms with Crippen LogP contribution < -0.4 is 5.32 Å². The van der Waals surface area contributed by atoms with Gasteiger partial charge in [-0.15, -0.1) is 4.40 Å². The summed E-state index contributed by atoms with van der Waals surface area (Å²) in [5.74, 6) is 0.380. The first-order chi connectivity index (χ1) is 9.45. The van der Waals surface area contributed by atoms with Crippen molar-refractivity contribution in [3.63, 3.8) is 0 Å². The molecule has 1 N–H and O–H groups in total. The third kappa shape index (κ3) is 2.20. The van der Waals surface area contributed by atoms with E-state index in [1.54, 1.807) is 24.3 Å². The maximum Gasteiger partial charge on any atom is 0.285 e. The van der Waals surface area contributed by atoms with E-state index >= 15 is 0 Å². The summed E-state index contributed by atoms with van der Waals surface area (Å²) in [4.78, 5) is 0.256. The van der Waals surface area contributed by atoms with Gasteiger partial charge >= 0.3 is 0 Å². The lowest BCUT2D eigenvalue weighted by atomic mass is 10.1. The van der Waals surface area contributed by atoms with Crippen LogP contribution in [0.5, 0.6) is 0 Å². The molecule has 20 heavy (non-hydrogen) atoms. The smallest absolute Gasteiger partial charge is 0.285 e. The number of nitrogens with zero attached hydrogens (tertiary/aromatic N) is 1. The predicted molar refractivity (Wildman–Crippen MR) is 79.7 cm³/mol. The number of fused-ring (bicyclic) bond motifs is 1. The van der Waals surface area contributed by atoms with Crippen LogP contribution in [-0.4, -0.2) is 14.3 Å². The Balaban J connectivity index is 2.04. The van der Waals surface area contributed by atoms with Crippen LogP contribution in [0.1, 0.15) is 16.7 Å². The molecule has 0 spiro atoms. The largest absolute Gasteiger partial charge is 0.339 e. The molecule has 0 saturated heterocycles. The highest BCUT2D eigenvalue weighted by molar-refractivity contribution is 7.90. The molecule has 0 aliphatic carbocycles. The zero-order chi connectivity index (χ0) is 14.3. The topological polar surface area (TPSA) is 58.5 Å². The molecule has 0 aromatic heterocycles. The Hall–Kier alpha value is -2.14. The number of sulfonamides is 1. The zero-order valence-corrected chi connectivity index (χ0v) is 12.0. The number of nitrogens with one attached hydrogen (secondary N) is 1. The third-order valence-corrected chi connectivity index (χ3v) is 4.45. The van der Waals surface area contributed by atoms with Gasteiger partial charge in [-0.3, -0.25) is 0 Å². The van der Waals surface area contributed by atoms with E-state index < -0.39 is 10.0 Å². The van der Waals surface area contributed by atoms with Crippen molar-refractivity contribution in [2.75, 3.05) is 5.32 Å². The quantitative estimate of drug-likeness (QED) is 0.877. The predicted octanol–water partition coefficient (Wildman–Crippen LogP) is 2.86. The Morgan fingerprint density at radius 2 is 1.65 bits per heavy atom.